The predicted molar refractivity (Wildman–Crippen MR) is 70.3 cm³/mol. The first-order valence-corrected chi connectivity index (χ1v) is 6.82. The van der Waals surface area contributed by atoms with E-state index < -0.39 is 5.60 Å². The van der Waals surface area contributed by atoms with Gasteiger partial charge in [-0.2, -0.15) is 0 Å². The Morgan fingerprint density at radius 1 is 1.50 bits per heavy atom. The van der Waals surface area contributed by atoms with Crippen LogP contribution in [0.1, 0.15) is 53.4 Å². The molecule has 2 rings (SSSR count). The largest absolute Gasteiger partial charge is 0.387 e. The number of hydrogen-bond donors (Lipinski definition) is 1. The van der Waals surface area contributed by atoms with Gasteiger partial charge in [0.25, 0.3) is 0 Å². The van der Waals surface area contributed by atoms with Gasteiger partial charge in [-0.15, -0.1) is 0 Å². The van der Waals surface area contributed by atoms with Gasteiger partial charge in [-0.1, -0.05) is 19.9 Å². The first-order valence-electron chi connectivity index (χ1n) is 6.82. The van der Waals surface area contributed by atoms with Crippen LogP contribution < -0.4 is 0 Å². The SMILES string of the molecule is CC1CCC(C(C)(O)CC2=CC(C)(C)CC2=O)O1. The summed E-state index contributed by atoms with van der Waals surface area (Å²) >= 11 is 0. The minimum absolute atomic E-state index is 0.0632. The maximum atomic E-state index is 11.9. The number of Topliss-reactive ketones (excluding diaryl/α,β-unsaturated/α-hetero) is 1. The molecule has 102 valence electrons. The molecule has 1 aliphatic heterocycles. The second kappa shape index (κ2) is 4.46. The van der Waals surface area contributed by atoms with Gasteiger partial charge in [-0.05, 0) is 37.7 Å². The fourth-order valence-electron chi connectivity index (χ4n) is 3.04. The minimum atomic E-state index is -0.938. The van der Waals surface area contributed by atoms with E-state index in [0.717, 1.165) is 18.4 Å². The van der Waals surface area contributed by atoms with Crippen molar-refractivity contribution in [1.82, 2.24) is 0 Å². The zero-order chi connectivity index (χ0) is 13.6. The van der Waals surface area contributed by atoms with E-state index in [1.165, 1.54) is 0 Å². The molecule has 1 N–H and O–H groups in total. The summed E-state index contributed by atoms with van der Waals surface area (Å²) < 4.78 is 5.74. The highest BCUT2D eigenvalue weighted by Crippen LogP contribution is 2.38. The summed E-state index contributed by atoms with van der Waals surface area (Å²) in [6.07, 6.45) is 4.91. The number of carbonyl (C=O) groups is 1. The molecule has 1 saturated heterocycles. The fraction of sp³-hybridized carbons (Fsp3) is 0.800. The molecule has 0 aromatic heterocycles. The summed E-state index contributed by atoms with van der Waals surface area (Å²) in [6.45, 7) is 7.93. The Morgan fingerprint density at radius 3 is 2.61 bits per heavy atom. The summed E-state index contributed by atoms with van der Waals surface area (Å²) in [6, 6.07) is 0. The van der Waals surface area contributed by atoms with Crippen LogP contribution in [0.4, 0.5) is 0 Å². The number of rotatable bonds is 3. The molecule has 0 saturated carbocycles. The van der Waals surface area contributed by atoms with E-state index in [1.807, 2.05) is 13.0 Å². The highest BCUT2D eigenvalue weighted by Gasteiger charge is 2.41. The van der Waals surface area contributed by atoms with Crippen molar-refractivity contribution in [3.63, 3.8) is 0 Å². The van der Waals surface area contributed by atoms with E-state index in [4.69, 9.17) is 4.74 Å². The molecular formula is C15H24O3. The molecule has 1 heterocycles. The Kier molecular flexibility index (Phi) is 3.41. The van der Waals surface area contributed by atoms with Gasteiger partial charge in [0, 0.05) is 12.8 Å². The third-order valence-corrected chi connectivity index (χ3v) is 4.01. The normalized spacial score (nSPS) is 34.5. The standard InChI is InChI=1S/C15H24O3/c1-10-5-6-13(18-10)15(4,17)8-11-7-14(2,3)9-12(11)16/h7,10,13,17H,5-6,8-9H2,1-4H3. The maximum Gasteiger partial charge on any atom is 0.159 e. The zero-order valence-electron chi connectivity index (χ0n) is 11.8. The molecule has 0 amide bonds. The second-order valence-corrected chi connectivity index (χ2v) is 6.80. The lowest BCUT2D eigenvalue weighted by molar-refractivity contribution is -0.118. The number of ether oxygens (including phenoxy) is 1. The quantitative estimate of drug-likeness (QED) is 0.840. The molecule has 18 heavy (non-hydrogen) atoms. The van der Waals surface area contributed by atoms with E-state index in [1.54, 1.807) is 6.92 Å². The number of ketones is 1. The fourth-order valence-corrected chi connectivity index (χ4v) is 3.04. The van der Waals surface area contributed by atoms with Gasteiger partial charge in [-0.3, -0.25) is 4.79 Å². The van der Waals surface area contributed by atoms with Crippen LogP contribution in [0.15, 0.2) is 11.6 Å². The Labute approximate surface area is 109 Å². The summed E-state index contributed by atoms with van der Waals surface area (Å²) in [5.74, 6) is 0.173. The van der Waals surface area contributed by atoms with Gasteiger partial charge in [0.15, 0.2) is 5.78 Å². The van der Waals surface area contributed by atoms with Crippen molar-refractivity contribution >= 4 is 5.78 Å². The maximum absolute atomic E-state index is 11.9. The topological polar surface area (TPSA) is 46.5 Å². The lowest BCUT2D eigenvalue weighted by atomic mass is 9.88. The van der Waals surface area contributed by atoms with E-state index in [0.29, 0.717) is 12.8 Å². The summed E-state index contributed by atoms with van der Waals surface area (Å²) in [7, 11) is 0. The minimum Gasteiger partial charge on any atom is -0.387 e. The number of hydrogen-bond acceptors (Lipinski definition) is 3. The third kappa shape index (κ3) is 2.83. The molecule has 0 bridgehead atoms. The molecule has 3 heteroatoms. The lowest BCUT2D eigenvalue weighted by Crippen LogP contribution is -2.40. The third-order valence-electron chi connectivity index (χ3n) is 4.01. The summed E-state index contributed by atoms with van der Waals surface area (Å²) in [5.41, 5.74) is -0.230. The molecule has 0 spiro atoms. The van der Waals surface area contributed by atoms with Crippen molar-refractivity contribution < 1.29 is 14.6 Å². The Hall–Kier alpha value is -0.670. The average molecular weight is 252 g/mol. The molecule has 2 aliphatic rings. The average Bonchev–Trinajstić information content (AvgIpc) is 2.71. The highest BCUT2D eigenvalue weighted by molar-refractivity contribution is 5.98. The molecule has 3 nitrogen and oxygen atoms in total. The molecule has 3 unspecified atom stereocenters. The van der Waals surface area contributed by atoms with Crippen molar-refractivity contribution in [3.05, 3.63) is 11.6 Å². The first kappa shape index (κ1) is 13.8. The van der Waals surface area contributed by atoms with Crippen LogP contribution in [0.3, 0.4) is 0 Å². The van der Waals surface area contributed by atoms with Crippen LogP contribution in [-0.2, 0) is 9.53 Å². The number of allylic oxidation sites excluding steroid dienone is 1. The predicted octanol–water partition coefficient (Wildman–Crippen LogP) is 2.62. The smallest absolute Gasteiger partial charge is 0.159 e. The van der Waals surface area contributed by atoms with Gasteiger partial charge in [0.05, 0.1) is 17.8 Å². The van der Waals surface area contributed by atoms with Crippen LogP contribution in [0.2, 0.25) is 0 Å². The molecule has 0 radical (unpaired) electrons. The van der Waals surface area contributed by atoms with Crippen LogP contribution in [0, 0.1) is 5.41 Å². The van der Waals surface area contributed by atoms with Gasteiger partial charge in [-0.25, -0.2) is 0 Å². The summed E-state index contributed by atoms with van der Waals surface area (Å²) in [5, 5.41) is 10.6. The van der Waals surface area contributed by atoms with Crippen molar-refractivity contribution in [2.75, 3.05) is 0 Å². The Morgan fingerprint density at radius 2 is 2.17 bits per heavy atom. The van der Waals surface area contributed by atoms with Gasteiger partial charge < -0.3 is 9.84 Å². The van der Waals surface area contributed by atoms with E-state index in [2.05, 4.69) is 13.8 Å². The van der Waals surface area contributed by atoms with Crippen LogP contribution in [0.25, 0.3) is 0 Å². The molecule has 0 aromatic carbocycles. The van der Waals surface area contributed by atoms with Gasteiger partial charge in [0.2, 0.25) is 0 Å². The molecule has 1 fully saturated rings. The molecule has 3 atom stereocenters. The Bertz CT molecular complexity index is 379. The van der Waals surface area contributed by atoms with E-state index >= 15 is 0 Å². The van der Waals surface area contributed by atoms with Gasteiger partial charge >= 0.3 is 0 Å². The van der Waals surface area contributed by atoms with Crippen molar-refractivity contribution in [3.8, 4) is 0 Å². The van der Waals surface area contributed by atoms with Crippen molar-refractivity contribution in [1.29, 1.82) is 0 Å². The highest BCUT2D eigenvalue weighted by atomic mass is 16.5. The zero-order valence-corrected chi connectivity index (χ0v) is 11.8. The van der Waals surface area contributed by atoms with Gasteiger partial charge in [0.1, 0.15) is 0 Å². The van der Waals surface area contributed by atoms with E-state index in [9.17, 15) is 9.90 Å². The lowest BCUT2D eigenvalue weighted by Gasteiger charge is -2.30. The monoisotopic (exact) mass is 252 g/mol. The van der Waals surface area contributed by atoms with Crippen molar-refractivity contribution in [2.24, 2.45) is 5.41 Å². The first-order chi connectivity index (χ1) is 8.20. The van der Waals surface area contributed by atoms with Crippen LogP contribution >= 0.6 is 0 Å². The van der Waals surface area contributed by atoms with E-state index in [-0.39, 0.29) is 23.4 Å². The molecule has 0 aromatic rings. The van der Waals surface area contributed by atoms with Crippen LogP contribution in [-0.4, -0.2) is 28.7 Å². The Balaban J connectivity index is 2.06. The second-order valence-electron chi connectivity index (χ2n) is 6.80. The van der Waals surface area contributed by atoms with Crippen LogP contribution in [0.5, 0.6) is 0 Å². The summed E-state index contributed by atoms with van der Waals surface area (Å²) in [4.78, 5) is 11.9. The number of carbonyl (C=O) groups excluding carboxylic acids is 1. The molecular weight excluding hydrogens is 228 g/mol. The number of aliphatic hydroxyl groups is 1. The molecule has 1 aliphatic carbocycles. The van der Waals surface area contributed by atoms with Crippen molar-refractivity contribution in [2.45, 2.75) is 71.2 Å².